The fourth-order valence-electron chi connectivity index (χ4n) is 3.06. The van der Waals surface area contributed by atoms with Gasteiger partial charge in [0.05, 0.1) is 17.1 Å². The van der Waals surface area contributed by atoms with Crippen LogP contribution in [0.3, 0.4) is 0 Å². The van der Waals surface area contributed by atoms with Gasteiger partial charge in [-0.3, -0.25) is 14.9 Å². The van der Waals surface area contributed by atoms with E-state index in [2.05, 4.69) is 15.6 Å². The number of thiazole rings is 1. The highest BCUT2D eigenvalue weighted by atomic mass is 32.2. The molecule has 0 saturated carbocycles. The number of hydrogen-bond donors (Lipinski definition) is 2. The van der Waals surface area contributed by atoms with E-state index in [-0.39, 0.29) is 11.8 Å². The second kappa shape index (κ2) is 7.41. The van der Waals surface area contributed by atoms with Crippen molar-refractivity contribution in [1.29, 1.82) is 0 Å². The van der Waals surface area contributed by atoms with E-state index in [4.69, 9.17) is 9.47 Å². The van der Waals surface area contributed by atoms with Crippen molar-refractivity contribution in [2.24, 2.45) is 0 Å². The summed E-state index contributed by atoms with van der Waals surface area (Å²) in [6, 6.07) is 10.9. The highest BCUT2D eigenvalue weighted by molar-refractivity contribution is 8.00. The van der Waals surface area contributed by atoms with Crippen molar-refractivity contribution in [1.82, 2.24) is 4.98 Å². The number of anilines is 2. The van der Waals surface area contributed by atoms with Gasteiger partial charge in [0.15, 0.2) is 16.6 Å². The predicted molar refractivity (Wildman–Crippen MR) is 112 cm³/mol. The number of carbonyl (C=O) groups is 2. The molecule has 5 rings (SSSR count). The SMILES string of the molecule is O=C1CSc2ccc(C(=O)Nc3nc(-c4ccc5c(c4)OCCO5)cs3)cc2N1. The molecule has 7 nitrogen and oxygen atoms in total. The van der Waals surface area contributed by atoms with Crippen LogP contribution in [0, 0.1) is 0 Å². The Hall–Kier alpha value is -3.04. The van der Waals surface area contributed by atoms with Gasteiger partial charge in [-0.1, -0.05) is 0 Å². The third-order valence-electron chi connectivity index (χ3n) is 4.44. The number of thioether (sulfide) groups is 1. The number of fused-ring (bicyclic) bond motifs is 2. The van der Waals surface area contributed by atoms with Gasteiger partial charge in [0.2, 0.25) is 5.91 Å². The standard InChI is InChI=1S/C20H15N3O4S2/c24-18-10-28-17-4-2-12(7-13(17)21-18)19(25)23-20-22-14(9-29-20)11-1-3-15-16(8-11)27-6-5-26-15/h1-4,7-9H,5-6,10H2,(H,21,24)(H,22,23,25). The van der Waals surface area contributed by atoms with Crippen molar-refractivity contribution in [2.75, 3.05) is 29.6 Å². The van der Waals surface area contributed by atoms with Gasteiger partial charge in [-0.15, -0.1) is 23.1 Å². The summed E-state index contributed by atoms with van der Waals surface area (Å²) in [7, 11) is 0. The molecule has 0 spiro atoms. The number of ether oxygens (including phenoxy) is 2. The van der Waals surface area contributed by atoms with Crippen LogP contribution in [0.2, 0.25) is 0 Å². The number of aromatic nitrogens is 1. The lowest BCUT2D eigenvalue weighted by Gasteiger charge is -2.18. The number of carbonyl (C=O) groups excluding carboxylic acids is 2. The third-order valence-corrected chi connectivity index (χ3v) is 6.27. The molecule has 146 valence electrons. The van der Waals surface area contributed by atoms with Crippen LogP contribution in [0.1, 0.15) is 10.4 Å². The molecule has 1 aromatic heterocycles. The zero-order chi connectivity index (χ0) is 19.8. The highest BCUT2D eigenvalue weighted by Gasteiger charge is 2.18. The third kappa shape index (κ3) is 3.66. The minimum atomic E-state index is -0.277. The molecule has 29 heavy (non-hydrogen) atoms. The molecule has 3 heterocycles. The van der Waals surface area contributed by atoms with Crippen molar-refractivity contribution >= 4 is 45.7 Å². The lowest BCUT2D eigenvalue weighted by Crippen LogP contribution is -2.19. The van der Waals surface area contributed by atoms with E-state index in [1.807, 2.05) is 29.6 Å². The van der Waals surface area contributed by atoms with E-state index in [0.717, 1.165) is 21.9 Å². The normalized spacial score (nSPS) is 14.7. The first-order valence-electron chi connectivity index (χ1n) is 8.89. The molecule has 2 aliphatic heterocycles. The molecule has 0 atom stereocenters. The summed E-state index contributed by atoms with van der Waals surface area (Å²) in [5.41, 5.74) is 2.76. The van der Waals surface area contributed by atoms with E-state index in [1.165, 1.54) is 23.1 Å². The van der Waals surface area contributed by atoms with E-state index in [1.54, 1.807) is 12.1 Å². The first kappa shape index (κ1) is 18.0. The Kier molecular flexibility index (Phi) is 4.61. The Bertz CT molecular complexity index is 1130. The Morgan fingerprint density at radius 1 is 1.10 bits per heavy atom. The van der Waals surface area contributed by atoms with Gasteiger partial charge in [0.1, 0.15) is 13.2 Å². The average molecular weight is 425 g/mol. The largest absolute Gasteiger partial charge is 0.486 e. The smallest absolute Gasteiger partial charge is 0.257 e. The summed E-state index contributed by atoms with van der Waals surface area (Å²) in [6.45, 7) is 1.07. The zero-order valence-electron chi connectivity index (χ0n) is 15.1. The Balaban J connectivity index is 1.33. The first-order chi connectivity index (χ1) is 14.2. The second-order valence-electron chi connectivity index (χ2n) is 6.40. The van der Waals surface area contributed by atoms with Crippen molar-refractivity contribution < 1.29 is 19.1 Å². The second-order valence-corrected chi connectivity index (χ2v) is 8.27. The van der Waals surface area contributed by atoms with Gasteiger partial charge in [-0.2, -0.15) is 0 Å². The predicted octanol–water partition coefficient (Wildman–Crippen LogP) is 3.88. The molecule has 2 aromatic carbocycles. The summed E-state index contributed by atoms with van der Waals surface area (Å²) >= 11 is 2.80. The molecule has 2 N–H and O–H groups in total. The molecule has 0 unspecified atom stereocenters. The van der Waals surface area contributed by atoms with Gasteiger partial charge >= 0.3 is 0 Å². The lowest BCUT2D eigenvalue weighted by molar-refractivity contribution is -0.113. The summed E-state index contributed by atoms with van der Waals surface area (Å²) < 4.78 is 11.2. The van der Waals surface area contributed by atoms with Crippen LogP contribution in [0.5, 0.6) is 11.5 Å². The quantitative estimate of drug-likeness (QED) is 0.662. The van der Waals surface area contributed by atoms with Gasteiger partial charge in [0.25, 0.3) is 5.91 Å². The number of nitrogens with one attached hydrogen (secondary N) is 2. The van der Waals surface area contributed by atoms with Crippen LogP contribution in [0.15, 0.2) is 46.7 Å². The molecule has 9 heteroatoms. The summed E-state index contributed by atoms with van der Waals surface area (Å²) in [6.07, 6.45) is 0. The molecule has 0 fully saturated rings. The molecule has 0 aliphatic carbocycles. The zero-order valence-corrected chi connectivity index (χ0v) is 16.7. The number of amides is 2. The molecular formula is C20H15N3O4S2. The summed E-state index contributed by atoms with van der Waals surface area (Å²) in [5.74, 6) is 1.47. The molecule has 3 aromatic rings. The molecule has 0 radical (unpaired) electrons. The molecule has 0 bridgehead atoms. The molecular weight excluding hydrogens is 410 g/mol. The minimum absolute atomic E-state index is 0.0657. The fourth-order valence-corrected chi connectivity index (χ4v) is 4.56. The van der Waals surface area contributed by atoms with Crippen LogP contribution in [-0.4, -0.2) is 35.8 Å². The van der Waals surface area contributed by atoms with E-state index in [9.17, 15) is 9.59 Å². The van der Waals surface area contributed by atoms with E-state index < -0.39 is 0 Å². The van der Waals surface area contributed by atoms with Gasteiger partial charge in [-0.25, -0.2) is 4.98 Å². The molecule has 2 aliphatic rings. The highest BCUT2D eigenvalue weighted by Crippen LogP contribution is 2.36. The maximum absolute atomic E-state index is 12.6. The number of rotatable bonds is 3. The number of hydrogen-bond acceptors (Lipinski definition) is 7. The maximum Gasteiger partial charge on any atom is 0.257 e. The minimum Gasteiger partial charge on any atom is -0.486 e. The Morgan fingerprint density at radius 2 is 1.97 bits per heavy atom. The van der Waals surface area contributed by atoms with Gasteiger partial charge in [-0.05, 0) is 36.4 Å². The van der Waals surface area contributed by atoms with Crippen molar-refractivity contribution in [2.45, 2.75) is 4.90 Å². The monoisotopic (exact) mass is 425 g/mol. The topological polar surface area (TPSA) is 89.6 Å². The average Bonchev–Trinajstić information content (AvgIpc) is 3.21. The Labute approximate surface area is 174 Å². The van der Waals surface area contributed by atoms with E-state index >= 15 is 0 Å². The molecule has 0 saturated heterocycles. The van der Waals surface area contributed by atoms with Crippen LogP contribution >= 0.6 is 23.1 Å². The van der Waals surface area contributed by atoms with Gasteiger partial charge in [0, 0.05) is 21.4 Å². The van der Waals surface area contributed by atoms with Crippen molar-refractivity contribution in [3.63, 3.8) is 0 Å². The van der Waals surface area contributed by atoms with Gasteiger partial charge < -0.3 is 14.8 Å². The molecule has 2 amide bonds. The van der Waals surface area contributed by atoms with E-state index in [0.29, 0.717) is 41.1 Å². The number of benzene rings is 2. The van der Waals surface area contributed by atoms with Crippen LogP contribution in [0.25, 0.3) is 11.3 Å². The summed E-state index contributed by atoms with van der Waals surface area (Å²) in [5, 5.41) is 7.99. The first-order valence-corrected chi connectivity index (χ1v) is 10.8. The maximum atomic E-state index is 12.6. The summed E-state index contributed by atoms with van der Waals surface area (Å²) in [4.78, 5) is 29.7. The van der Waals surface area contributed by atoms with Crippen LogP contribution < -0.4 is 20.1 Å². The number of nitrogens with zero attached hydrogens (tertiary/aromatic N) is 1. The lowest BCUT2D eigenvalue weighted by atomic mass is 10.1. The fraction of sp³-hybridized carbons (Fsp3) is 0.150. The van der Waals surface area contributed by atoms with Crippen molar-refractivity contribution in [3.05, 3.63) is 47.3 Å². The Morgan fingerprint density at radius 3 is 2.86 bits per heavy atom. The van der Waals surface area contributed by atoms with Crippen molar-refractivity contribution in [3.8, 4) is 22.8 Å². The van der Waals surface area contributed by atoms with Crippen LogP contribution in [-0.2, 0) is 4.79 Å². The van der Waals surface area contributed by atoms with Crippen LogP contribution in [0.4, 0.5) is 10.8 Å².